The van der Waals surface area contributed by atoms with E-state index in [0.29, 0.717) is 28.6 Å². The van der Waals surface area contributed by atoms with Crippen molar-refractivity contribution in [3.05, 3.63) is 95.6 Å². The van der Waals surface area contributed by atoms with Gasteiger partial charge >= 0.3 is 0 Å². The van der Waals surface area contributed by atoms with Crippen LogP contribution in [0, 0.1) is 0 Å². The number of anilines is 1. The third kappa shape index (κ3) is 6.22. The van der Waals surface area contributed by atoms with Crippen LogP contribution in [0.5, 0.6) is 0 Å². The lowest BCUT2D eigenvalue weighted by Gasteiger charge is -2.36. The quantitative estimate of drug-likeness (QED) is 0.297. The van der Waals surface area contributed by atoms with Gasteiger partial charge in [-0.15, -0.1) is 5.10 Å². The molecule has 3 unspecified atom stereocenters. The van der Waals surface area contributed by atoms with Crippen LogP contribution in [0.3, 0.4) is 0 Å². The molecule has 198 valence electrons. The average molecular weight is 554 g/mol. The monoisotopic (exact) mass is 553 g/mol. The molecule has 38 heavy (non-hydrogen) atoms. The molecule has 5 rings (SSSR count). The first-order chi connectivity index (χ1) is 18.4. The van der Waals surface area contributed by atoms with E-state index in [0.717, 1.165) is 11.1 Å². The molecule has 12 heteroatoms. The van der Waals surface area contributed by atoms with Crippen molar-refractivity contribution in [2.24, 2.45) is 7.05 Å². The molecule has 0 bridgehead atoms. The number of aliphatic hydroxyl groups excluding tert-OH is 1. The Morgan fingerprint density at radius 1 is 1.03 bits per heavy atom. The highest BCUT2D eigenvalue weighted by atomic mass is 32.2. The molecule has 0 saturated carbocycles. The molecule has 1 fully saturated rings. The first-order valence-corrected chi connectivity index (χ1v) is 14.4. The molecular weight excluding hydrogens is 526 g/mol. The Bertz CT molecular complexity index is 1460. The van der Waals surface area contributed by atoms with Crippen LogP contribution in [-0.2, 0) is 33.2 Å². The normalized spacial score (nSPS) is 19.8. The minimum Gasteiger partial charge on any atom is -0.392 e. The minimum absolute atomic E-state index is 0.0335. The molecule has 1 aliphatic rings. The Morgan fingerprint density at radius 3 is 2.53 bits per heavy atom. The maximum absolute atomic E-state index is 12.8. The third-order valence-corrected chi connectivity index (χ3v) is 8.60. The van der Waals surface area contributed by atoms with Gasteiger partial charge in [0.25, 0.3) is 10.0 Å². The Labute approximate surface area is 225 Å². The van der Waals surface area contributed by atoms with Gasteiger partial charge in [-0.1, -0.05) is 66.4 Å². The van der Waals surface area contributed by atoms with Gasteiger partial charge in [-0.2, -0.15) is 0 Å². The summed E-state index contributed by atoms with van der Waals surface area (Å²) in [6.07, 6.45) is -0.583. The van der Waals surface area contributed by atoms with Crippen LogP contribution in [0.1, 0.15) is 35.5 Å². The summed E-state index contributed by atoms with van der Waals surface area (Å²) in [7, 11) is -1.97. The number of benzene rings is 3. The summed E-state index contributed by atoms with van der Waals surface area (Å²) in [6.45, 7) is -0.0335. The second-order valence-corrected chi connectivity index (χ2v) is 11.5. The number of aromatic nitrogens is 4. The molecule has 1 saturated heterocycles. The topological polar surface area (TPSA) is 128 Å². The van der Waals surface area contributed by atoms with Gasteiger partial charge in [0, 0.05) is 30.5 Å². The number of thioether (sulfide) groups is 1. The zero-order valence-electron chi connectivity index (χ0n) is 20.5. The summed E-state index contributed by atoms with van der Waals surface area (Å²) >= 11 is 1.49. The number of sulfonamides is 1. The number of rotatable bonds is 9. The number of hydrogen-bond donors (Lipinski definition) is 2. The standard InChI is InChI=1S/C26H27N5O5S2/c1-31-26(27-29-30-31)37-17-22-15-24(19-12-10-18(16-32)11-13-19)36-25(35-22)20-6-5-7-21(14-20)28-38(33,34)23-8-3-2-4-9-23/h2-14,22,24-25,28,32H,15-17H2,1H3. The van der Waals surface area contributed by atoms with Gasteiger partial charge in [-0.3, -0.25) is 4.72 Å². The number of tetrazole rings is 1. The highest BCUT2D eigenvalue weighted by molar-refractivity contribution is 7.99. The summed E-state index contributed by atoms with van der Waals surface area (Å²) in [5, 5.41) is 21.7. The Kier molecular flexibility index (Phi) is 8.05. The number of aryl methyl sites for hydroxylation is 1. The molecule has 0 spiro atoms. The smallest absolute Gasteiger partial charge is 0.261 e. The molecular formula is C26H27N5O5S2. The highest BCUT2D eigenvalue weighted by Crippen LogP contribution is 2.39. The van der Waals surface area contributed by atoms with Gasteiger partial charge < -0.3 is 14.6 Å². The number of ether oxygens (including phenoxy) is 2. The van der Waals surface area contributed by atoms with Crippen molar-refractivity contribution >= 4 is 27.5 Å². The summed E-state index contributed by atoms with van der Waals surface area (Å²) in [5.41, 5.74) is 2.87. The molecule has 4 aromatic rings. The van der Waals surface area contributed by atoms with Crippen LogP contribution in [0.2, 0.25) is 0 Å². The van der Waals surface area contributed by atoms with Gasteiger partial charge in [0.2, 0.25) is 5.16 Å². The van der Waals surface area contributed by atoms with E-state index < -0.39 is 16.3 Å². The van der Waals surface area contributed by atoms with Gasteiger partial charge in [0.15, 0.2) is 6.29 Å². The van der Waals surface area contributed by atoms with E-state index in [1.54, 1.807) is 60.3 Å². The van der Waals surface area contributed by atoms with E-state index in [4.69, 9.17) is 9.47 Å². The van der Waals surface area contributed by atoms with Crippen LogP contribution in [0.4, 0.5) is 5.69 Å². The lowest BCUT2D eigenvalue weighted by molar-refractivity contribution is -0.245. The number of hydrogen-bond acceptors (Lipinski definition) is 9. The van der Waals surface area contributed by atoms with Crippen molar-refractivity contribution in [1.82, 2.24) is 20.2 Å². The molecule has 10 nitrogen and oxygen atoms in total. The van der Waals surface area contributed by atoms with E-state index in [9.17, 15) is 13.5 Å². The fourth-order valence-corrected chi connectivity index (χ4v) is 6.03. The van der Waals surface area contributed by atoms with Gasteiger partial charge in [0.05, 0.1) is 23.7 Å². The second kappa shape index (κ2) is 11.6. The molecule has 1 aromatic heterocycles. The molecule has 3 aromatic carbocycles. The lowest BCUT2D eigenvalue weighted by atomic mass is 10.0. The second-order valence-electron chi connectivity index (χ2n) is 8.79. The zero-order chi connectivity index (χ0) is 26.5. The summed E-state index contributed by atoms with van der Waals surface area (Å²) in [5.74, 6) is 0.597. The molecule has 0 aliphatic carbocycles. The minimum atomic E-state index is -3.75. The van der Waals surface area contributed by atoms with E-state index >= 15 is 0 Å². The van der Waals surface area contributed by atoms with Crippen molar-refractivity contribution in [3.63, 3.8) is 0 Å². The number of aliphatic hydroxyl groups is 1. The van der Waals surface area contributed by atoms with Gasteiger partial charge in [-0.25, -0.2) is 13.1 Å². The fourth-order valence-electron chi connectivity index (χ4n) is 4.10. The Hall–Kier alpha value is -3.29. The van der Waals surface area contributed by atoms with E-state index in [1.807, 2.05) is 30.3 Å². The van der Waals surface area contributed by atoms with Crippen LogP contribution in [0.15, 0.2) is 88.9 Å². The van der Waals surface area contributed by atoms with Crippen LogP contribution >= 0.6 is 11.8 Å². The summed E-state index contributed by atoms with van der Waals surface area (Å²) in [4.78, 5) is 0.178. The van der Waals surface area contributed by atoms with Crippen molar-refractivity contribution in [1.29, 1.82) is 0 Å². The fraction of sp³-hybridized carbons (Fsp3) is 0.269. The molecule has 0 amide bonds. The highest BCUT2D eigenvalue weighted by Gasteiger charge is 2.33. The SMILES string of the molecule is Cn1nnnc1SCC1CC(c2ccc(CO)cc2)OC(c2cccc(NS(=O)(=O)c3ccccc3)c2)O1. The summed E-state index contributed by atoms with van der Waals surface area (Å²) in [6, 6.07) is 22.9. The average Bonchev–Trinajstić information content (AvgIpc) is 3.36. The van der Waals surface area contributed by atoms with Crippen LogP contribution in [-0.4, -0.2) is 45.6 Å². The van der Waals surface area contributed by atoms with Crippen molar-refractivity contribution in [3.8, 4) is 0 Å². The van der Waals surface area contributed by atoms with E-state index in [-0.39, 0.29) is 23.7 Å². The first-order valence-electron chi connectivity index (χ1n) is 11.9. The molecule has 2 N–H and O–H groups in total. The molecule has 3 atom stereocenters. The van der Waals surface area contributed by atoms with E-state index in [2.05, 4.69) is 20.2 Å². The Balaban J connectivity index is 1.38. The third-order valence-electron chi connectivity index (χ3n) is 6.06. The maximum atomic E-state index is 12.8. The zero-order valence-corrected chi connectivity index (χ0v) is 22.2. The summed E-state index contributed by atoms with van der Waals surface area (Å²) < 4.78 is 42.6. The van der Waals surface area contributed by atoms with Crippen LogP contribution in [0.25, 0.3) is 0 Å². The van der Waals surface area contributed by atoms with Crippen molar-refractivity contribution in [2.45, 2.75) is 41.6 Å². The molecule has 0 radical (unpaired) electrons. The largest absolute Gasteiger partial charge is 0.392 e. The van der Waals surface area contributed by atoms with Crippen LogP contribution < -0.4 is 4.72 Å². The predicted octanol–water partition coefficient (Wildman–Crippen LogP) is 3.84. The van der Waals surface area contributed by atoms with Gasteiger partial charge in [0.1, 0.15) is 0 Å². The first kappa shape index (κ1) is 26.3. The number of nitrogens with one attached hydrogen (secondary N) is 1. The lowest BCUT2D eigenvalue weighted by Crippen LogP contribution is -2.31. The maximum Gasteiger partial charge on any atom is 0.261 e. The van der Waals surface area contributed by atoms with Crippen molar-refractivity contribution in [2.75, 3.05) is 10.5 Å². The molecule has 1 aliphatic heterocycles. The van der Waals surface area contributed by atoms with E-state index in [1.165, 1.54) is 11.8 Å². The predicted molar refractivity (Wildman–Crippen MR) is 142 cm³/mol. The Morgan fingerprint density at radius 2 is 1.82 bits per heavy atom. The van der Waals surface area contributed by atoms with Gasteiger partial charge in [-0.05, 0) is 45.8 Å². The molecule has 2 heterocycles. The van der Waals surface area contributed by atoms with Crippen molar-refractivity contribution < 1.29 is 23.0 Å². The number of nitrogens with zero attached hydrogens (tertiary/aromatic N) is 4.